The fraction of sp³-hybridized carbons (Fsp3) is 0.200. The van der Waals surface area contributed by atoms with Gasteiger partial charge in [-0.15, -0.1) is 0 Å². The summed E-state index contributed by atoms with van der Waals surface area (Å²) in [6, 6.07) is 6.35. The Kier molecular flexibility index (Phi) is 5.38. The van der Waals surface area contributed by atoms with Crippen molar-refractivity contribution in [1.29, 1.82) is 0 Å². The molecule has 10 heteroatoms. The maximum absolute atomic E-state index is 13.1. The average molecular weight is 396 g/mol. The van der Waals surface area contributed by atoms with Gasteiger partial charge in [-0.25, -0.2) is 8.42 Å². The van der Waals surface area contributed by atoms with Crippen molar-refractivity contribution in [2.75, 3.05) is 18.9 Å². The highest BCUT2D eigenvalue weighted by Crippen LogP contribution is 2.38. The van der Waals surface area contributed by atoms with Crippen LogP contribution in [0, 0.1) is 0 Å². The molecule has 0 bridgehead atoms. The first-order valence-corrected chi connectivity index (χ1v) is 8.57. The van der Waals surface area contributed by atoms with Crippen LogP contribution >= 0.6 is 11.6 Å². The summed E-state index contributed by atoms with van der Waals surface area (Å²) in [5.74, 6) is 0.403. The Morgan fingerprint density at radius 2 is 1.60 bits per heavy atom. The van der Waals surface area contributed by atoms with Crippen molar-refractivity contribution >= 4 is 27.3 Å². The minimum absolute atomic E-state index is 0.0642. The van der Waals surface area contributed by atoms with E-state index < -0.39 is 26.7 Å². The van der Waals surface area contributed by atoms with Gasteiger partial charge in [0.2, 0.25) is 0 Å². The monoisotopic (exact) mass is 395 g/mol. The second kappa shape index (κ2) is 7.01. The summed E-state index contributed by atoms with van der Waals surface area (Å²) in [6.45, 7) is 0. The SMILES string of the molecule is COc1cc(Cl)c(NS(=O)(=O)c2ccccc2C(F)(F)F)cc1OC. The van der Waals surface area contributed by atoms with E-state index in [1.54, 1.807) is 0 Å². The topological polar surface area (TPSA) is 64.6 Å². The van der Waals surface area contributed by atoms with Crippen LogP contribution in [0.15, 0.2) is 41.3 Å². The van der Waals surface area contributed by atoms with Crippen LogP contribution in [0.2, 0.25) is 5.02 Å². The highest BCUT2D eigenvalue weighted by molar-refractivity contribution is 7.92. The molecule has 0 radical (unpaired) electrons. The van der Waals surface area contributed by atoms with Crippen molar-refractivity contribution in [1.82, 2.24) is 0 Å². The predicted molar refractivity (Wildman–Crippen MR) is 86.8 cm³/mol. The molecule has 2 aromatic carbocycles. The van der Waals surface area contributed by atoms with Gasteiger partial charge in [-0.1, -0.05) is 23.7 Å². The fourth-order valence-electron chi connectivity index (χ4n) is 2.07. The van der Waals surface area contributed by atoms with Crippen molar-refractivity contribution in [2.45, 2.75) is 11.1 Å². The van der Waals surface area contributed by atoms with E-state index >= 15 is 0 Å². The second-order valence-electron chi connectivity index (χ2n) is 4.79. The molecule has 0 unspecified atom stereocenters. The van der Waals surface area contributed by atoms with Gasteiger partial charge < -0.3 is 9.47 Å². The fourth-order valence-corrected chi connectivity index (χ4v) is 3.62. The van der Waals surface area contributed by atoms with Crippen LogP contribution in [0.1, 0.15) is 5.56 Å². The second-order valence-corrected chi connectivity index (χ2v) is 6.84. The number of sulfonamides is 1. The summed E-state index contributed by atoms with van der Waals surface area (Å²) in [7, 11) is -1.86. The van der Waals surface area contributed by atoms with E-state index in [1.807, 2.05) is 4.72 Å². The first-order chi connectivity index (χ1) is 11.6. The molecule has 0 heterocycles. The number of nitrogens with one attached hydrogen (secondary N) is 1. The van der Waals surface area contributed by atoms with Crippen LogP contribution in [0.5, 0.6) is 11.5 Å². The van der Waals surface area contributed by atoms with Crippen molar-refractivity contribution in [2.24, 2.45) is 0 Å². The normalized spacial score (nSPS) is 11.9. The molecule has 0 aromatic heterocycles. The van der Waals surface area contributed by atoms with Crippen LogP contribution < -0.4 is 14.2 Å². The van der Waals surface area contributed by atoms with E-state index in [9.17, 15) is 21.6 Å². The van der Waals surface area contributed by atoms with E-state index in [-0.39, 0.29) is 22.2 Å². The van der Waals surface area contributed by atoms with Gasteiger partial charge in [0.15, 0.2) is 11.5 Å². The molecule has 2 aromatic rings. The van der Waals surface area contributed by atoms with Gasteiger partial charge in [-0.3, -0.25) is 4.72 Å². The van der Waals surface area contributed by atoms with E-state index in [0.29, 0.717) is 6.07 Å². The lowest BCUT2D eigenvalue weighted by Gasteiger charge is -2.16. The molecule has 1 N–H and O–H groups in total. The molecule has 0 atom stereocenters. The lowest BCUT2D eigenvalue weighted by atomic mass is 10.2. The Balaban J connectivity index is 2.51. The van der Waals surface area contributed by atoms with E-state index in [1.165, 1.54) is 32.4 Å². The number of ether oxygens (including phenoxy) is 2. The number of methoxy groups -OCH3 is 2. The van der Waals surface area contributed by atoms with Crippen LogP contribution in [-0.4, -0.2) is 22.6 Å². The molecule has 0 spiro atoms. The maximum atomic E-state index is 13.1. The van der Waals surface area contributed by atoms with E-state index in [0.717, 1.165) is 12.1 Å². The number of halogens is 4. The number of benzene rings is 2. The lowest BCUT2D eigenvalue weighted by molar-refractivity contribution is -0.139. The van der Waals surface area contributed by atoms with Gasteiger partial charge >= 0.3 is 6.18 Å². The molecular formula is C15H13ClF3NO4S. The molecular weight excluding hydrogens is 383 g/mol. The largest absolute Gasteiger partial charge is 0.493 e. The maximum Gasteiger partial charge on any atom is 0.417 e. The molecule has 2 rings (SSSR count). The Morgan fingerprint density at radius 1 is 1.04 bits per heavy atom. The molecule has 0 aliphatic carbocycles. The van der Waals surface area contributed by atoms with Crippen LogP contribution in [0.3, 0.4) is 0 Å². The lowest BCUT2D eigenvalue weighted by Crippen LogP contribution is -2.19. The van der Waals surface area contributed by atoms with Gasteiger partial charge in [0.05, 0.1) is 35.4 Å². The summed E-state index contributed by atoms with van der Waals surface area (Å²) in [4.78, 5) is -0.909. The van der Waals surface area contributed by atoms with Crippen LogP contribution in [-0.2, 0) is 16.2 Å². The van der Waals surface area contributed by atoms with Gasteiger partial charge in [-0.2, -0.15) is 13.2 Å². The predicted octanol–water partition coefficient (Wildman–Crippen LogP) is 4.18. The molecule has 0 aliphatic heterocycles. The zero-order valence-corrected chi connectivity index (χ0v) is 14.6. The summed E-state index contributed by atoms with van der Waals surface area (Å²) in [5.41, 5.74) is -1.42. The van der Waals surface area contributed by atoms with Crippen LogP contribution in [0.25, 0.3) is 0 Å². The van der Waals surface area contributed by atoms with Gasteiger partial charge in [0, 0.05) is 12.1 Å². The van der Waals surface area contributed by atoms with Crippen LogP contribution in [0.4, 0.5) is 18.9 Å². The summed E-state index contributed by atoms with van der Waals surface area (Å²) >= 11 is 5.98. The molecule has 5 nitrogen and oxygen atoms in total. The highest BCUT2D eigenvalue weighted by atomic mass is 35.5. The first-order valence-electron chi connectivity index (χ1n) is 6.70. The standard InChI is InChI=1S/C15H13ClF3NO4S/c1-23-12-7-10(16)11(8-13(12)24-2)20-25(21,22)14-6-4-3-5-9(14)15(17,18)19/h3-8,20H,1-2H3. The Bertz CT molecular complexity index is 885. The third kappa shape index (κ3) is 4.10. The molecule has 136 valence electrons. The Morgan fingerprint density at radius 3 is 2.16 bits per heavy atom. The number of rotatable bonds is 5. The minimum Gasteiger partial charge on any atom is -0.493 e. The number of anilines is 1. The smallest absolute Gasteiger partial charge is 0.417 e. The molecule has 0 amide bonds. The molecule has 0 aliphatic rings. The quantitative estimate of drug-likeness (QED) is 0.825. The average Bonchev–Trinajstić information content (AvgIpc) is 2.55. The van der Waals surface area contributed by atoms with Gasteiger partial charge in [-0.05, 0) is 12.1 Å². The molecule has 0 fully saturated rings. The third-order valence-corrected chi connectivity index (χ3v) is 4.94. The van der Waals surface area contributed by atoms with Crippen molar-refractivity contribution in [3.63, 3.8) is 0 Å². The number of hydrogen-bond acceptors (Lipinski definition) is 4. The van der Waals surface area contributed by atoms with Crippen molar-refractivity contribution < 1.29 is 31.1 Å². The first kappa shape index (κ1) is 19.2. The van der Waals surface area contributed by atoms with Gasteiger partial charge in [0.25, 0.3) is 10.0 Å². The molecule has 0 saturated carbocycles. The summed E-state index contributed by atoms with van der Waals surface area (Å²) < 4.78 is 76.1. The van der Waals surface area contributed by atoms with Gasteiger partial charge in [0.1, 0.15) is 0 Å². The van der Waals surface area contributed by atoms with E-state index in [4.69, 9.17) is 21.1 Å². The van der Waals surface area contributed by atoms with Crippen molar-refractivity contribution in [3.05, 3.63) is 47.0 Å². The van der Waals surface area contributed by atoms with Crippen molar-refractivity contribution in [3.8, 4) is 11.5 Å². The Labute approximate surface area is 147 Å². The summed E-state index contributed by atoms with van der Waals surface area (Å²) in [5, 5.41) is -0.0642. The minimum atomic E-state index is -4.83. The number of alkyl halides is 3. The van der Waals surface area contributed by atoms with E-state index in [2.05, 4.69) is 0 Å². The summed E-state index contributed by atoms with van der Waals surface area (Å²) in [6.07, 6.45) is -4.83. The molecule has 25 heavy (non-hydrogen) atoms. The zero-order valence-electron chi connectivity index (χ0n) is 13.0. The molecule has 0 saturated heterocycles. The Hall–Kier alpha value is -2.13. The zero-order chi connectivity index (χ0) is 18.8. The highest BCUT2D eigenvalue weighted by Gasteiger charge is 2.37. The third-order valence-electron chi connectivity index (χ3n) is 3.20. The number of hydrogen-bond donors (Lipinski definition) is 1.